The third-order valence-corrected chi connectivity index (χ3v) is 0. The monoisotopic (exact) mass is 362 g/mol. The summed E-state index contributed by atoms with van der Waals surface area (Å²) in [5, 5.41) is 0. The van der Waals surface area contributed by atoms with Gasteiger partial charge in [0.25, 0.3) is 0 Å². The van der Waals surface area contributed by atoms with Gasteiger partial charge < -0.3 is 0 Å². The average Bonchev–Trinajstić information content (AvgIpc) is 1.00. The zero-order valence-corrected chi connectivity index (χ0v) is 7.29. The number of rotatable bonds is 0. The van der Waals surface area contributed by atoms with Crippen LogP contribution in [-0.2, 0) is 36.1 Å². The molecule has 0 aliphatic carbocycles. The Hall–Kier alpha value is 3.48. The van der Waals surface area contributed by atoms with Gasteiger partial charge in [-0.1, -0.05) is 0 Å². The first-order valence-electron chi connectivity index (χ1n) is 0.129. The van der Waals surface area contributed by atoms with E-state index < -0.39 is 0 Å². The second-order valence-electron chi connectivity index (χ2n) is 0. The second-order valence-corrected chi connectivity index (χ2v) is 0. The topological polar surface area (TPSA) is 17.1 Å². The van der Waals surface area contributed by atoms with Crippen molar-refractivity contribution in [1.29, 1.82) is 0 Å². The quantitative estimate of drug-likeness (QED) is 0.504. The van der Waals surface area contributed by atoms with Gasteiger partial charge in [0.15, 0.2) is 0 Å². The molecule has 0 atom stereocenters. The van der Waals surface area contributed by atoms with Crippen LogP contribution in [0.15, 0.2) is 0 Å². The van der Waals surface area contributed by atoms with Gasteiger partial charge >= 0.3 is 64.8 Å². The molecule has 0 bridgehead atoms. The van der Waals surface area contributed by atoms with Crippen molar-refractivity contribution >= 4 is 45.5 Å². The normalized spacial score (nSPS) is 1.20. The molecule has 0 aromatic heterocycles. The van der Waals surface area contributed by atoms with Crippen LogP contribution in [0, 0.1) is 35.6 Å². The van der Waals surface area contributed by atoms with Crippen molar-refractivity contribution in [1.82, 2.24) is 0 Å². The van der Waals surface area contributed by atoms with Crippen LogP contribution in [0.3, 0.4) is 0 Å². The van der Waals surface area contributed by atoms with Gasteiger partial charge in [0.2, 0.25) is 0 Å². The van der Waals surface area contributed by atoms with E-state index in [0.29, 0.717) is 0 Å². The van der Waals surface area contributed by atoms with Crippen molar-refractivity contribution in [2.45, 2.75) is 0 Å². The van der Waals surface area contributed by atoms with Gasteiger partial charge in [0, 0.05) is 52.4 Å². The average molecular weight is 362 g/mol. The van der Waals surface area contributed by atoms with Crippen LogP contribution in [0.4, 0.5) is 0 Å². The minimum atomic E-state index is 0. The third-order valence-electron chi connectivity index (χ3n) is 0. The van der Waals surface area contributed by atoms with Crippen LogP contribution in [-0.4, -0.2) is 45.5 Å². The molecule has 0 N–H and O–H groups in total. The molecule has 0 aliphatic rings. The van der Waals surface area contributed by atoms with Crippen molar-refractivity contribution in [2.75, 3.05) is 0 Å². The first kappa shape index (κ1) is 23.6. The zero-order chi connectivity index (χ0) is 2.00. The van der Waals surface area contributed by atoms with E-state index in [1.807, 2.05) is 0 Å². The zero-order valence-electron chi connectivity index (χ0n) is 1.64. The third kappa shape index (κ3) is 18.6. The standard InChI is InChI=1S/Co.La.Ni.O.Sr.2H. The Balaban J connectivity index is -0.00000000167. The van der Waals surface area contributed by atoms with Crippen LogP contribution in [0.5, 0.6) is 0 Å². The minimum absolute atomic E-state index is 0. The fourth-order valence-electron chi connectivity index (χ4n) is 0. The van der Waals surface area contributed by atoms with Crippen molar-refractivity contribution in [3.8, 4) is 0 Å². The van der Waals surface area contributed by atoms with Gasteiger partial charge in [-0.25, -0.2) is 0 Å². The Bertz CT molecular complexity index is 11.6. The van der Waals surface area contributed by atoms with E-state index in [-0.39, 0.29) is 97.9 Å². The summed E-state index contributed by atoms with van der Waals surface area (Å²) in [5.41, 5.74) is 0. The molecule has 0 aromatic carbocycles. The summed E-state index contributed by atoms with van der Waals surface area (Å²) in [5.74, 6) is 0. The molecule has 0 unspecified atom stereocenters. The summed E-state index contributed by atoms with van der Waals surface area (Å²) in [6.07, 6.45) is 0. The van der Waals surface area contributed by atoms with E-state index in [1.165, 1.54) is 0 Å². The molecular formula is H2CoLaNiOSr. The SMILES string of the molecule is [Co].[La].[O]=[Ni].[SrH2]. The summed E-state index contributed by atoms with van der Waals surface area (Å²) >= 11 is 2.62. The summed E-state index contributed by atoms with van der Waals surface area (Å²) in [4.78, 5) is 0. The summed E-state index contributed by atoms with van der Waals surface area (Å²) in [7, 11) is 0. The first-order chi connectivity index (χ1) is 1.00. The predicted octanol–water partition coefficient (Wildman–Crippen LogP) is -1.04. The van der Waals surface area contributed by atoms with E-state index in [0.717, 1.165) is 0 Å². The molecule has 0 amide bonds. The molecule has 32 valence electrons. The van der Waals surface area contributed by atoms with Crippen molar-refractivity contribution in [3.63, 3.8) is 0 Å². The van der Waals surface area contributed by atoms with E-state index >= 15 is 0 Å². The summed E-state index contributed by atoms with van der Waals surface area (Å²) in [6, 6.07) is 0. The molecular weight excluding hydrogens is 360 g/mol. The molecule has 0 heterocycles. The Morgan fingerprint density at radius 3 is 1.20 bits per heavy atom. The van der Waals surface area contributed by atoms with Crippen LogP contribution in [0.25, 0.3) is 0 Å². The fourth-order valence-corrected chi connectivity index (χ4v) is 0. The molecule has 2 radical (unpaired) electrons. The summed E-state index contributed by atoms with van der Waals surface area (Å²) in [6.45, 7) is 0. The van der Waals surface area contributed by atoms with Crippen molar-refractivity contribution in [2.24, 2.45) is 0 Å². The maximum absolute atomic E-state index is 7.88. The molecule has 0 spiro atoms. The molecule has 0 fully saturated rings. The number of hydrogen-bond acceptors (Lipinski definition) is 1. The van der Waals surface area contributed by atoms with E-state index in [2.05, 4.69) is 15.4 Å². The second kappa shape index (κ2) is 26.0. The van der Waals surface area contributed by atoms with E-state index in [4.69, 9.17) is 3.90 Å². The van der Waals surface area contributed by atoms with Gasteiger partial charge in [-0.3, -0.25) is 0 Å². The van der Waals surface area contributed by atoms with Gasteiger partial charge in [-0.15, -0.1) is 0 Å². The molecule has 0 aromatic rings. The van der Waals surface area contributed by atoms with Crippen LogP contribution < -0.4 is 0 Å². The van der Waals surface area contributed by atoms with Crippen LogP contribution in [0.1, 0.15) is 0 Å². The fraction of sp³-hybridized carbons (Fsp3) is 0. The van der Waals surface area contributed by atoms with Gasteiger partial charge in [-0.2, -0.15) is 0 Å². The van der Waals surface area contributed by atoms with Gasteiger partial charge in [0.1, 0.15) is 0 Å². The van der Waals surface area contributed by atoms with Crippen LogP contribution >= 0.6 is 0 Å². The maximum atomic E-state index is 7.88. The molecule has 1 nitrogen and oxygen atoms in total. The first-order valence-corrected chi connectivity index (χ1v) is 0.532. The molecule has 0 saturated heterocycles. The molecule has 0 saturated carbocycles. The van der Waals surface area contributed by atoms with Crippen molar-refractivity contribution in [3.05, 3.63) is 0 Å². The van der Waals surface area contributed by atoms with E-state index in [9.17, 15) is 0 Å². The predicted molar refractivity (Wildman–Crippen MR) is 9.23 cm³/mol. The van der Waals surface area contributed by atoms with Gasteiger partial charge in [-0.05, 0) is 0 Å². The summed E-state index contributed by atoms with van der Waals surface area (Å²) < 4.78 is 7.88. The van der Waals surface area contributed by atoms with Gasteiger partial charge in [0.05, 0.1) is 0 Å². The molecule has 0 aliphatic heterocycles. The van der Waals surface area contributed by atoms with Crippen molar-refractivity contribution < 1.29 is 71.7 Å². The Labute approximate surface area is 114 Å². The van der Waals surface area contributed by atoms with E-state index in [1.54, 1.807) is 0 Å². The Morgan fingerprint density at radius 2 is 1.20 bits per heavy atom. The Morgan fingerprint density at radius 1 is 1.20 bits per heavy atom. The molecule has 5 heavy (non-hydrogen) atoms. The Kier molecular flexibility index (Phi) is 123. The molecule has 5 heteroatoms. The number of hydrogen-bond donors (Lipinski definition) is 0. The molecule has 0 rings (SSSR count). The van der Waals surface area contributed by atoms with Crippen LogP contribution in [0.2, 0.25) is 0 Å².